The van der Waals surface area contributed by atoms with E-state index in [-0.39, 0.29) is 5.41 Å². The maximum absolute atomic E-state index is 12.2. The monoisotopic (exact) mass is 312 g/mol. The summed E-state index contributed by atoms with van der Waals surface area (Å²) in [5.41, 5.74) is 6.29. The Morgan fingerprint density at radius 2 is 2.24 bits per heavy atom. The summed E-state index contributed by atoms with van der Waals surface area (Å²) in [4.78, 5) is 0.767. The van der Waals surface area contributed by atoms with Gasteiger partial charge in [-0.05, 0) is 52.4 Å². The molecule has 17 heavy (non-hydrogen) atoms. The summed E-state index contributed by atoms with van der Waals surface area (Å²) in [6.07, 6.45) is 2.53. The minimum Gasteiger partial charge on any atom is -0.399 e. The lowest BCUT2D eigenvalue weighted by molar-refractivity contribution is 0.587. The normalized spacial score (nSPS) is 18.4. The average Bonchev–Trinajstić information content (AvgIpc) is 2.97. The number of benzene rings is 1. The third-order valence-electron chi connectivity index (χ3n) is 3.05. The van der Waals surface area contributed by atoms with Crippen molar-refractivity contribution in [1.82, 2.24) is 0 Å². The van der Waals surface area contributed by atoms with Crippen LogP contribution in [0, 0.1) is 16.7 Å². The molecule has 90 valence electrons. The highest BCUT2D eigenvalue weighted by Crippen LogP contribution is 2.49. The van der Waals surface area contributed by atoms with Crippen LogP contribution in [0.5, 0.6) is 0 Å². The van der Waals surface area contributed by atoms with E-state index in [2.05, 4.69) is 22.0 Å². The molecule has 0 aromatic heterocycles. The summed E-state index contributed by atoms with van der Waals surface area (Å²) in [5.74, 6) is 0.572. The van der Waals surface area contributed by atoms with Crippen molar-refractivity contribution in [1.29, 1.82) is 5.26 Å². The average molecular weight is 313 g/mol. The molecule has 1 aliphatic carbocycles. The lowest BCUT2D eigenvalue weighted by Gasteiger charge is -2.11. The van der Waals surface area contributed by atoms with E-state index in [1.807, 2.05) is 0 Å². The SMILES string of the molecule is N#CCC1(CS(=O)c2ccc(N)cc2Br)CC1. The molecule has 1 fully saturated rings. The predicted octanol–water partition coefficient (Wildman–Crippen LogP) is 2.83. The molecule has 2 N–H and O–H groups in total. The molecule has 0 spiro atoms. The van der Waals surface area contributed by atoms with Crippen LogP contribution in [0.4, 0.5) is 5.69 Å². The minimum atomic E-state index is -1.07. The molecule has 0 heterocycles. The van der Waals surface area contributed by atoms with Gasteiger partial charge in [0.25, 0.3) is 0 Å². The van der Waals surface area contributed by atoms with Crippen molar-refractivity contribution in [2.24, 2.45) is 5.41 Å². The number of halogens is 1. The number of hydrogen-bond acceptors (Lipinski definition) is 3. The Bertz CT molecular complexity index is 506. The molecule has 1 saturated carbocycles. The largest absolute Gasteiger partial charge is 0.399 e. The Kier molecular flexibility index (Phi) is 3.55. The van der Waals surface area contributed by atoms with E-state index in [0.717, 1.165) is 22.2 Å². The van der Waals surface area contributed by atoms with Crippen LogP contribution < -0.4 is 5.73 Å². The summed E-state index contributed by atoms with van der Waals surface area (Å²) in [6.45, 7) is 0. The van der Waals surface area contributed by atoms with Crippen LogP contribution in [0.15, 0.2) is 27.6 Å². The van der Waals surface area contributed by atoms with Gasteiger partial charge in [-0.3, -0.25) is 4.21 Å². The number of hydrogen-bond donors (Lipinski definition) is 1. The lowest BCUT2D eigenvalue weighted by Crippen LogP contribution is -2.12. The van der Waals surface area contributed by atoms with E-state index >= 15 is 0 Å². The summed E-state index contributed by atoms with van der Waals surface area (Å²) >= 11 is 3.38. The molecule has 2 rings (SSSR count). The van der Waals surface area contributed by atoms with Gasteiger partial charge in [-0.15, -0.1) is 0 Å². The van der Waals surface area contributed by atoms with E-state index in [4.69, 9.17) is 11.0 Å². The Balaban J connectivity index is 2.13. The maximum Gasteiger partial charge on any atom is 0.0627 e. The number of nitrogens with two attached hydrogens (primary N) is 1. The molecule has 0 radical (unpaired) electrons. The van der Waals surface area contributed by atoms with Gasteiger partial charge in [0, 0.05) is 22.3 Å². The van der Waals surface area contributed by atoms with Crippen molar-refractivity contribution in [2.75, 3.05) is 11.5 Å². The van der Waals surface area contributed by atoms with Gasteiger partial charge in [0.1, 0.15) is 0 Å². The first-order chi connectivity index (χ1) is 8.06. The molecule has 0 bridgehead atoms. The van der Waals surface area contributed by atoms with Crippen LogP contribution in [0.2, 0.25) is 0 Å². The zero-order valence-corrected chi connectivity index (χ0v) is 11.7. The van der Waals surface area contributed by atoms with Gasteiger partial charge < -0.3 is 5.73 Å². The van der Waals surface area contributed by atoms with E-state index in [0.29, 0.717) is 17.9 Å². The first kappa shape index (κ1) is 12.6. The second-order valence-electron chi connectivity index (χ2n) is 4.51. The van der Waals surface area contributed by atoms with E-state index in [1.54, 1.807) is 18.2 Å². The summed E-state index contributed by atoms with van der Waals surface area (Å²) in [5, 5.41) is 8.74. The molecule has 0 saturated heterocycles. The highest BCUT2D eigenvalue weighted by atomic mass is 79.9. The quantitative estimate of drug-likeness (QED) is 0.869. The molecule has 3 nitrogen and oxygen atoms in total. The van der Waals surface area contributed by atoms with Crippen molar-refractivity contribution in [3.63, 3.8) is 0 Å². The Morgan fingerprint density at radius 3 is 2.76 bits per heavy atom. The highest BCUT2D eigenvalue weighted by Gasteiger charge is 2.44. The number of rotatable bonds is 4. The molecule has 1 unspecified atom stereocenters. The minimum absolute atomic E-state index is 0.000434. The van der Waals surface area contributed by atoms with Crippen LogP contribution in [0.25, 0.3) is 0 Å². The Labute approximate surface area is 112 Å². The number of nitriles is 1. The summed E-state index contributed by atoms with van der Waals surface area (Å²) in [7, 11) is -1.07. The highest BCUT2D eigenvalue weighted by molar-refractivity contribution is 9.10. The molecule has 0 aliphatic heterocycles. The molecule has 0 amide bonds. The van der Waals surface area contributed by atoms with Crippen LogP contribution in [0.3, 0.4) is 0 Å². The van der Waals surface area contributed by atoms with E-state index < -0.39 is 10.8 Å². The van der Waals surface area contributed by atoms with Crippen molar-refractivity contribution in [2.45, 2.75) is 24.2 Å². The fourth-order valence-corrected chi connectivity index (χ4v) is 4.31. The lowest BCUT2D eigenvalue weighted by atomic mass is 10.1. The van der Waals surface area contributed by atoms with Crippen LogP contribution >= 0.6 is 15.9 Å². The smallest absolute Gasteiger partial charge is 0.0627 e. The maximum atomic E-state index is 12.2. The van der Waals surface area contributed by atoms with Crippen LogP contribution in [-0.4, -0.2) is 9.96 Å². The van der Waals surface area contributed by atoms with Crippen molar-refractivity contribution in [3.8, 4) is 6.07 Å². The zero-order valence-electron chi connectivity index (χ0n) is 9.28. The van der Waals surface area contributed by atoms with Crippen LogP contribution in [-0.2, 0) is 10.8 Å². The van der Waals surface area contributed by atoms with Gasteiger partial charge in [-0.25, -0.2) is 0 Å². The van der Waals surface area contributed by atoms with E-state index in [1.165, 1.54) is 0 Å². The van der Waals surface area contributed by atoms with Gasteiger partial charge in [0.2, 0.25) is 0 Å². The van der Waals surface area contributed by atoms with Gasteiger partial charge in [-0.2, -0.15) is 5.26 Å². The first-order valence-electron chi connectivity index (χ1n) is 5.37. The van der Waals surface area contributed by atoms with Crippen molar-refractivity contribution < 1.29 is 4.21 Å². The number of nitrogens with zero attached hydrogens (tertiary/aromatic N) is 1. The molecule has 5 heteroatoms. The second-order valence-corrected chi connectivity index (χ2v) is 6.79. The fraction of sp³-hybridized carbons (Fsp3) is 0.417. The number of anilines is 1. The summed E-state index contributed by atoms with van der Waals surface area (Å²) < 4.78 is 13.0. The zero-order chi connectivity index (χ0) is 12.5. The molecular weight excluding hydrogens is 300 g/mol. The summed E-state index contributed by atoms with van der Waals surface area (Å²) in [6, 6.07) is 7.49. The number of nitrogen functional groups attached to an aromatic ring is 1. The third-order valence-corrected chi connectivity index (χ3v) is 5.69. The van der Waals surface area contributed by atoms with Crippen molar-refractivity contribution in [3.05, 3.63) is 22.7 Å². The van der Waals surface area contributed by atoms with Gasteiger partial charge in [0.15, 0.2) is 0 Å². The second kappa shape index (κ2) is 4.79. The topological polar surface area (TPSA) is 66.9 Å². The van der Waals surface area contributed by atoms with Gasteiger partial charge in [-0.1, -0.05) is 0 Å². The standard InChI is InChI=1S/C12H13BrN2OS/c13-10-7-9(15)1-2-11(10)17(16)8-12(3-4-12)5-6-14/h1-2,7H,3-5,8,15H2. The van der Waals surface area contributed by atoms with Gasteiger partial charge in [0.05, 0.1) is 21.8 Å². The molecule has 1 atom stereocenters. The first-order valence-corrected chi connectivity index (χ1v) is 7.48. The van der Waals surface area contributed by atoms with Gasteiger partial charge >= 0.3 is 0 Å². The Hall–Kier alpha value is -0.860. The fourth-order valence-electron chi connectivity index (χ4n) is 1.77. The van der Waals surface area contributed by atoms with Crippen LogP contribution in [0.1, 0.15) is 19.3 Å². The molecule has 1 aromatic rings. The van der Waals surface area contributed by atoms with Crippen molar-refractivity contribution >= 4 is 32.4 Å². The molecule has 1 aromatic carbocycles. The third kappa shape index (κ3) is 2.88. The molecule has 1 aliphatic rings. The Morgan fingerprint density at radius 1 is 1.53 bits per heavy atom. The predicted molar refractivity (Wildman–Crippen MR) is 71.7 cm³/mol. The molecular formula is C12H13BrN2OS. The van der Waals surface area contributed by atoms with E-state index in [9.17, 15) is 4.21 Å².